The van der Waals surface area contributed by atoms with Crippen molar-refractivity contribution in [2.75, 3.05) is 0 Å². The Kier molecular flexibility index (Phi) is 26.8. The van der Waals surface area contributed by atoms with Crippen LogP contribution in [0.4, 0.5) is 0 Å². The first-order chi connectivity index (χ1) is 4.00. The molecular formula is Cr2Li2MnO8. The van der Waals surface area contributed by atoms with Crippen molar-refractivity contribution in [2.24, 2.45) is 0 Å². The Hall–Kier alpha value is 1.82. The standard InChI is InChI=1S/2Cr.2Li.Mn.8O/q;;2*+1;+2;;;;;4*-1. The van der Waals surface area contributed by atoms with E-state index in [1.165, 1.54) is 0 Å². The zero-order chi connectivity index (χ0) is 9.00. The van der Waals surface area contributed by atoms with Gasteiger partial charge in [0.25, 0.3) is 0 Å². The monoisotopic (exact) mass is 301 g/mol. The molecule has 0 aromatic carbocycles. The first-order valence-corrected chi connectivity index (χ1v) is 5.50. The van der Waals surface area contributed by atoms with E-state index in [-0.39, 0.29) is 54.8 Å². The van der Waals surface area contributed by atoms with Crippen LogP contribution in [0.1, 0.15) is 0 Å². The molecule has 0 unspecified atom stereocenters. The second-order valence-corrected chi connectivity index (χ2v) is 3.37. The van der Waals surface area contributed by atoms with Crippen molar-refractivity contribution in [3.05, 3.63) is 0 Å². The average Bonchev–Trinajstić information content (AvgIpc) is 1.12. The number of hydrogen-bond donors (Lipinski definition) is 0. The SMILES string of the molecule is [Li+].[Li+].[Mn+2].[O]=[Cr](=[O])([O-])[O-].[O]=[Cr](=[O])([O-])[O-]. The minimum absolute atomic E-state index is 0. The molecule has 0 heterocycles. The van der Waals surface area contributed by atoms with E-state index >= 15 is 0 Å². The molecule has 0 N–H and O–H groups in total. The van der Waals surface area contributed by atoms with Crippen LogP contribution in [0.3, 0.4) is 0 Å². The molecule has 0 rings (SSSR count). The van der Waals surface area contributed by atoms with Gasteiger partial charge in [0, 0.05) is 0 Å². The van der Waals surface area contributed by atoms with E-state index in [4.69, 9.17) is 31.8 Å². The maximum atomic E-state index is 8.59. The van der Waals surface area contributed by atoms with Crippen LogP contribution < -0.4 is 54.4 Å². The fourth-order valence-corrected chi connectivity index (χ4v) is 0. The first-order valence-electron chi connectivity index (χ1n) is 1.33. The molecule has 0 aliphatic rings. The van der Waals surface area contributed by atoms with Gasteiger partial charge in [-0.1, -0.05) is 0 Å². The van der Waals surface area contributed by atoms with Crippen LogP contribution in [0.15, 0.2) is 0 Å². The first kappa shape index (κ1) is 29.4. The zero-order valence-electron chi connectivity index (χ0n) is 6.46. The van der Waals surface area contributed by atoms with Gasteiger partial charge in [-0.2, -0.15) is 0 Å². The second-order valence-electron chi connectivity index (χ2n) is 0.816. The summed E-state index contributed by atoms with van der Waals surface area (Å²) in [7, 11) is 0. The quantitative estimate of drug-likeness (QED) is 0.398. The summed E-state index contributed by atoms with van der Waals surface area (Å²) in [5.41, 5.74) is 0. The molecule has 0 fully saturated rings. The summed E-state index contributed by atoms with van der Waals surface area (Å²) in [6.07, 6.45) is 0. The van der Waals surface area contributed by atoms with Crippen molar-refractivity contribution in [1.29, 1.82) is 0 Å². The van der Waals surface area contributed by atoms with Gasteiger partial charge in [0.1, 0.15) is 0 Å². The molecule has 0 saturated heterocycles. The van der Waals surface area contributed by atoms with Gasteiger partial charge in [-0.15, -0.1) is 0 Å². The van der Waals surface area contributed by atoms with Crippen LogP contribution in [0.5, 0.6) is 0 Å². The van der Waals surface area contributed by atoms with Crippen LogP contribution in [0.25, 0.3) is 0 Å². The molecular weight excluding hydrogens is 301 g/mol. The normalized spacial score (nSPS) is 8.92. The van der Waals surface area contributed by atoms with Gasteiger partial charge in [0.05, 0.1) is 0 Å². The van der Waals surface area contributed by atoms with Crippen molar-refractivity contribution in [2.45, 2.75) is 0 Å². The predicted molar refractivity (Wildman–Crippen MR) is 2.75 cm³/mol. The van der Waals surface area contributed by atoms with Crippen molar-refractivity contribution < 1.29 is 114 Å². The molecule has 0 aliphatic heterocycles. The summed E-state index contributed by atoms with van der Waals surface area (Å²) in [5, 5.41) is 0. The summed E-state index contributed by atoms with van der Waals surface area (Å²) in [4.78, 5) is 0. The van der Waals surface area contributed by atoms with E-state index in [1.807, 2.05) is 0 Å². The van der Waals surface area contributed by atoms with Gasteiger partial charge in [-0.3, -0.25) is 0 Å². The predicted octanol–water partition coefficient (Wildman–Crippen LogP) is -11.2. The summed E-state index contributed by atoms with van der Waals surface area (Å²) in [6.45, 7) is 0. The van der Waals surface area contributed by atoms with E-state index in [2.05, 4.69) is 0 Å². The van der Waals surface area contributed by atoms with Gasteiger partial charge >= 0.3 is 114 Å². The van der Waals surface area contributed by atoms with Crippen molar-refractivity contribution in [1.82, 2.24) is 0 Å². The Labute approximate surface area is 113 Å². The van der Waals surface area contributed by atoms with E-state index in [0.29, 0.717) is 0 Å². The second kappa shape index (κ2) is 11.9. The molecule has 0 aromatic heterocycles. The molecule has 0 amide bonds. The molecule has 8 nitrogen and oxygen atoms in total. The molecule has 13 heteroatoms. The molecule has 0 atom stereocenters. The van der Waals surface area contributed by atoms with Crippen LogP contribution >= 0.6 is 0 Å². The Morgan fingerprint density at radius 2 is 0.615 bits per heavy atom. The van der Waals surface area contributed by atoms with Crippen LogP contribution in [0.2, 0.25) is 0 Å². The summed E-state index contributed by atoms with van der Waals surface area (Å²) in [6, 6.07) is 0. The third kappa shape index (κ3) is 583. The van der Waals surface area contributed by atoms with Crippen molar-refractivity contribution in [3.8, 4) is 0 Å². The van der Waals surface area contributed by atoms with Gasteiger partial charge in [-0.05, 0) is 0 Å². The zero-order valence-corrected chi connectivity index (χ0v) is 10.2. The topological polar surface area (TPSA) is 161 Å². The van der Waals surface area contributed by atoms with Crippen molar-refractivity contribution >= 4 is 0 Å². The molecule has 0 aromatic rings. The molecule has 69 valence electrons. The molecule has 1 radical (unpaired) electrons. The third-order valence-electron chi connectivity index (χ3n) is 0. The average molecular weight is 301 g/mol. The van der Waals surface area contributed by atoms with E-state index < -0.39 is 27.2 Å². The third-order valence-corrected chi connectivity index (χ3v) is 0. The van der Waals surface area contributed by atoms with E-state index in [9.17, 15) is 0 Å². The van der Waals surface area contributed by atoms with Crippen LogP contribution in [-0.4, -0.2) is 0 Å². The van der Waals surface area contributed by atoms with Crippen LogP contribution in [-0.2, 0) is 59.5 Å². The Bertz CT molecular complexity index is 217. The van der Waals surface area contributed by atoms with E-state index in [0.717, 1.165) is 0 Å². The minimum atomic E-state index is -5.75. The molecule has 0 saturated carbocycles. The molecule has 0 bridgehead atoms. The van der Waals surface area contributed by atoms with Crippen LogP contribution in [0, 0.1) is 0 Å². The summed E-state index contributed by atoms with van der Waals surface area (Å²) >= 11 is -11.5. The van der Waals surface area contributed by atoms with Crippen molar-refractivity contribution in [3.63, 3.8) is 0 Å². The summed E-state index contributed by atoms with van der Waals surface area (Å²) in [5.74, 6) is 0. The van der Waals surface area contributed by atoms with Gasteiger partial charge in [0.2, 0.25) is 0 Å². The molecule has 0 spiro atoms. The van der Waals surface area contributed by atoms with Gasteiger partial charge < -0.3 is 0 Å². The van der Waals surface area contributed by atoms with E-state index in [1.54, 1.807) is 0 Å². The Morgan fingerprint density at radius 1 is 0.615 bits per heavy atom. The summed E-state index contributed by atoms with van der Waals surface area (Å²) < 4.78 is 68.8. The van der Waals surface area contributed by atoms with Gasteiger partial charge in [-0.25, -0.2) is 0 Å². The van der Waals surface area contributed by atoms with Gasteiger partial charge in [0.15, 0.2) is 0 Å². The Morgan fingerprint density at radius 3 is 0.615 bits per heavy atom. The molecule has 13 heavy (non-hydrogen) atoms. The number of rotatable bonds is 0. The fourth-order valence-electron chi connectivity index (χ4n) is 0. The number of hydrogen-bond acceptors (Lipinski definition) is 8. The Balaban J connectivity index is -0.0000000267. The fraction of sp³-hybridized carbons (Fsp3) is 0. The maximum absolute atomic E-state index is 8.59. The molecule has 0 aliphatic carbocycles.